The van der Waals surface area contributed by atoms with Crippen LogP contribution in [-0.2, 0) is 17.0 Å². The number of hydrogen-bond donors (Lipinski definition) is 0. The zero-order valence-corrected chi connectivity index (χ0v) is 33.2. The van der Waals surface area contributed by atoms with Crippen LogP contribution in [-0.4, -0.2) is 14.7 Å². The van der Waals surface area contributed by atoms with Crippen LogP contribution in [0, 0.1) is 0 Å². The molecule has 0 amide bonds. The Morgan fingerprint density at radius 1 is 0.609 bits per heavy atom. The second-order valence-corrected chi connectivity index (χ2v) is 47.1. The van der Waals surface area contributed by atoms with Crippen LogP contribution in [0.25, 0.3) is 6.08 Å². The molecule has 0 heterocycles. The monoisotopic (exact) mass is 718 g/mol. The van der Waals surface area contributed by atoms with E-state index in [-0.39, 0.29) is 32.4 Å². The Hall–Kier alpha value is -2.63. The maximum atomic E-state index is 8.60. The molecule has 1 nitrogen and oxygen atoms in total. The molecule has 1 atom stereocenters. The topological polar surface area (TPSA) is 9.23 Å². The first-order valence-electron chi connectivity index (χ1n) is 16.1. The summed E-state index contributed by atoms with van der Waals surface area (Å²) >= 11 is -5.58. The van der Waals surface area contributed by atoms with Gasteiger partial charge in [0, 0.05) is 0 Å². The van der Waals surface area contributed by atoms with Crippen molar-refractivity contribution in [2.45, 2.75) is 45.5 Å². The standard InChI is InChI=1S/C13H11.C12H15Si.C6H6O.C6H5.C2H7Si.CH3.2ClH.Ti/c1-3-7-12(8-4-1)11-13-9-5-2-6-10-13;1-13(2,3)12-9-8-10-6-4-5-7-11(10)12;7-6-4-2-1-3-5-6;1-2-4-6-5-3-1;1-3-2;;;;/h1-11H;4-9H,1-3H3;1-5,7H;1-5H;3H,1-2H3;1H3;2*1H;/q;;;;;;;;+1/p-1. The van der Waals surface area contributed by atoms with Gasteiger partial charge in [0.15, 0.2) is 0 Å². The minimum Gasteiger partial charge on any atom is -0.147 e. The molecule has 0 aromatic heterocycles. The minimum absolute atomic E-state index is 0. The molecule has 0 bridgehead atoms. The fraction of sp³-hybridized carbons (Fsp3) is 0.200. The summed E-state index contributed by atoms with van der Waals surface area (Å²) in [7, 11) is -2.23. The van der Waals surface area contributed by atoms with E-state index in [9.17, 15) is 0 Å². The van der Waals surface area contributed by atoms with E-state index in [0.29, 0.717) is 0 Å². The van der Waals surface area contributed by atoms with Crippen molar-refractivity contribution in [3.8, 4) is 5.75 Å². The van der Waals surface area contributed by atoms with Gasteiger partial charge in [-0.1, -0.05) is 0 Å². The van der Waals surface area contributed by atoms with Gasteiger partial charge in [0.1, 0.15) is 0 Å². The van der Waals surface area contributed by atoms with Crippen molar-refractivity contribution >= 4 is 49.5 Å². The van der Waals surface area contributed by atoms with E-state index in [2.05, 4.69) is 196 Å². The van der Waals surface area contributed by atoms with Crippen molar-refractivity contribution < 1.29 is 17.0 Å². The van der Waals surface area contributed by atoms with Crippen LogP contribution in [0.5, 0.6) is 5.75 Å². The number of halogens is 2. The number of rotatable bonds is 9. The summed E-state index contributed by atoms with van der Waals surface area (Å²) in [6.45, 7) is 11.2. The van der Waals surface area contributed by atoms with Crippen molar-refractivity contribution in [3.63, 3.8) is 0 Å². The van der Waals surface area contributed by atoms with Gasteiger partial charge in [0.25, 0.3) is 0 Å². The molecule has 5 aromatic rings. The van der Waals surface area contributed by atoms with E-state index in [1.807, 2.05) is 0 Å². The van der Waals surface area contributed by atoms with Gasteiger partial charge in [0.05, 0.1) is 0 Å². The smallest absolute Gasteiger partial charge is 0.147 e. The fourth-order valence-electron chi connectivity index (χ4n) is 10.1. The third-order valence-electron chi connectivity index (χ3n) is 12.0. The second-order valence-electron chi connectivity index (χ2n) is 14.8. The van der Waals surface area contributed by atoms with Crippen molar-refractivity contribution in [2.75, 3.05) is 0 Å². The molecule has 6 rings (SSSR count). The summed E-state index contributed by atoms with van der Waals surface area (Å²) in [6, 6.07) is 54.4. The van der Waals surface area contributed by atoms with E-state index in [0.717, 1.165) is 5.75 Å². The van der Waals surface area contributed by atoms with Gasteiger partial charge >= 0.3 is 267 Å². The van der Waals surface area contributed by atoms with Crippen LogP contribution in [0.4, 0.5) is 0 Å². The average molecular weight is 720 g/mol. The summed E-state index contributed by atoms with van der Waals surface area (Å²) in [4.78, 5) is 0. The van der Waals surface area contributed by atoms with E-state index in [1.54, 1.807) is 0 Å². The van der Waals surface area contributed by atoms with Crippen molar-refractivity contribution in [1.29, 1.82) is 0 Å². The number of benzene rings is 5. The van der Waals surface area contributed by atoms with E-state index >= 15 is 0 Å². The van der Waals surface area contributed by atoms with Crippen molar-refractivity contribution in [1.82, 2.24) is 0 Å². The van der Waals surface area contributed by atoms with Gasteiger partial charge in [-0.05, 0) is 0 Å². The number of allylic oxidation sites excluding steroid dienone is 1. The van der Waals surface area contributed by atoms with Crippen LogP contribution >= 0.6 is 24.8 Å². The molecule has 0 aliphatic heterocycles. The SMILES string of the molecule is C[SiH](C)[Ti]([CH3])([O]c1ccccc1)([c]1ccccc1)([CH](c1ccccc1)c1ccccc1)[C]1([Si](C)(C)C)C=Cc2ccccc21.Cl.Cl. The van der Waals surface area contributed by atoms with E-state index in [1.165, 1.54) is 26.1 Å². The molecule has 6 heteroatoms. The van der Waals surface area contributed by atoms with Crippen molar-refractivity contribution in [3.05, 3.63) is 174 Å². The fourth-order valence-corrected chi connectivity index (χ4v) is 65.3. The Bertz CT molecular complexity index is 1780. The molecule has 1 aliphatic carbocycles. The first kappa shape index (κ1) is 36.2. The summed E-state index contributed by atoms with van der Waals surface area (Å²) in [6.07, 6.45) is 5.12. The molecular formula is C40H48Cl2OSi2Ti. The van der Waals surface area contributed by atoms with Crippen LogP contribution < -0.4 is 7.19 Å². The molecule has 0 saturated heterocycles. The van der Waals surface area contributed by atoms with Gasteiger partial charge in [-0.15, -0.1) is 24.8 Å². The summed E-state index contributed by atoms with van der Waals surface area (Å²) in [5.74, 6) is 0.984. The molecule has 0 N–H and O–H groups in total. The minimum atomic E-state index is -5.58. The molecule has 0 fully saturated rings. The quantitative estimate of drug-likeness (QED) is 0.138. The first-order valence-corrected chi connectivity index (χ1v) is 29.9. The Kier molecular flexibility index (Phi) is 10.0. The maximum absolute atomic E-state index is 8.60. The van der Waals surface area contributed by atoms with Crippen LogP contribution in [0.3, 0.4) is 0 Å². The predicted octanol–water partition coefficient (Wildman–Crippen LogP) is 11.0. The zero-order chi connectivity index (χ0) is 31.1. The Morgan fingerprint density at radius 2 is 1.04 bits per heavy atom. The van der Waals surface area contributed by atoms with Gasteiger partial charge in [0.2, 0.25) is 0 Å². The third kappa shape index (κ3) is 4.58. The third-order valence-corrected chi connectivity index (χ3v) is 60.2. The van der Waals surface area contributed by atoms with Gasteiger partial charge in [-0.2, -0.15) is 0 Å². The summed E-state index contributed by atoms with van der Waals surface area (Å²) in [5.41, 5.74) is 5.50. The molecule has 1 aliphatic rings. The number of para-hydroxylation sites is 1. The maximum Gasteiger partial charge on any atom is -0.147 e. The average Bonchev–Trinajstić information content (AvgIpc) is 3.46. The van der Waals surface area contributed by atoms with Gasteiger partial charge < -0.3 is 0 Å². The second kappa shape index (κ2) is 12.8. The molecule has 5 aromatic carbocycles. The predicted molar refractivity (Wildman–Crippen MR) is 208 cm³/mol. The molecule has 240 valence electrons. The normalized spacial score (nSPS) is 17.3. The van der Waals surface area contributed by atoms with Crippen LogP contribution in [0.1, 0.15) is 26.5 Å². The summed E-state index contributed by atoms with van der Waals surface area (Å²) < 4.78 is 9.77. The number of hydrogen-bond acceptors (Lipinski definition) is 1. The first-order chi connectivity index (χ1) is 21.1. The van der Waals surface area contributed by atoms with Gasteiger partial charge in [-0.3, -0.25) is 0 Å². The Labute approximate surface area is 289 Å². The molecule has 46 heavy (non-hydrogen) atoms. The van der Waals surface area contributed by atoms with E-state index in [4.69, 9.17) is 3.32 Å². The van der Waals surface area contributed by atoms with Crippen molar-refractivity contribution in [2.24, 2.45) is 0 Å². The largest absolute Gasteiger partial charge is 0.147 e. The molecule has 0 radical (unpaired) electrons. The van der Waals surface area contributed by atoms with Crippen LogP contribution in [0.2, 0.25) is 38.0 Å². The summed E-state index contributed by atoms with van der Waals surface area (Å²) in [5, 5.41) is 2.76. The van der Waals surface area contributed by atoms with E-state index < -0.39 is 28.4 Å². The number of fused-ring (bicyclic) bond motifs is 1. The molecule has 0 saturated carbocycles. The molecule has 0 spiro atoms. The van der Waals surface area contributed by atoms with Gasteiger partial charge in [-0.25, -0.2) is 0 Å². The van der Waals surface area contributed by atoms with Crippen LogP contribution in [0.15, 0.2) is 152 Å². The Balaban J connectivity index is 0.00000240. The zero-order valence-electron chi connectivity index (χ0n) is 27.9. The molecular weight excluding hydrogens is 671 g/mol. The Morgan fingerprint density at radius 3 is 1.52 bits per heavy atom. The molecule has 1 unspecified atom stereocenters.